The molecule has 0 radical (unpaired) electrons. The highest BCUT2D eigenvalue weighted by Crippen LogP contribution is 2.15. The van der Waals surface area contributed by atoms with Crippen LogP contribution in [0.3, 0.4) is 0 Å². The second-order valence-corrected chi connectivity index (χ2v) is 5.96. The summed E-state index contributed by atoms with van der Waals surface area (Å²) < 4.78 is 5.51. The molecule has 118 valence electrons. The third-order valence-electron chi connectivity index (χ3n) is 3.69. The van der Waals surface area contributed by atoms with Gasteiger partial charge in [0, 0.05) is 24.7 Å². The smallest absolute Gasteiger partial charge is 0.119 e. The first kappa shape index (κ1) is 16.6. The summed E-state index contributed by atoms with van der Waals surface area (Å²) in [5, 5.41) is 13.8. The number of nitrogens with zero attached hydrogens (tertiary/aromatic N) is 1. The first-order chi connectivity index (χ1) is 10.2. The molecule has 21 heavy (non-hydrogen) atoms. The molecular formula is C16H25ClN2O2. The average Bonchev–Trinajstić information content (AvgIpc) is 2.52. The number of hydrogen-bond donors (Lipinski definition) is 2. The zero-order valence-corrected chi connectivity index (χ0v) is 13.2. The molecule has 1 aromatic carbocycles. The second-order valence-electron chi connectivity index (χ2n) is 5.53. The number of halogens is 1. The summed E-state index contributed by atoms with van der Waals surface area (Å²) in [6.07, 6.45) is 3.50. The predicted molar refractivity (Wildman–Crippen MR) is 86.1 cm³/mol. The van der Waals surface area contributed by atoms with Crippen LogP contribution in [0.4, 0.5) is 0 Å². The molecular weight excluding hydrogens is 288 g/mol. The molecule has 1 aliphatic rings. The van der Waals surface area contributed by atoms with Crippen molar-refractivity contribution in [3.8, 4) is 5.75 Å². The molecule has 5 heteroatoms. The molecule has 2 N–H and O–H groups in total. The van der Waals surface area contributed by atoms with Gasteiger partial charge < -0.3 is 20.1 Å². The summed E-state index contributed by atoms with van der Waals surface area (Å²) >= 11 is 5.80. The number of likely N-dealkylation sites (tertiary alicyclic amines) is 1. The van der Waals surface area contributed by atoms with Gasteiger partial charge in [-0.25, -0.2) is 0 Å². The van der Waals surface area contributed by atoms with Gasteiger partial charge in [-0.2, -0.15) is 0 Å². The van der Waals surface area contributed by atoms with Crippen LogP contribution in [0, 0.1) is 0 Å². The first-order valence-electron chi connectivity index (χ1n) is 7.73. The average molecular weight is 313 g/mol. The highest BCUT2D eigenvalue weighted by Gasteiger charge is 2.10. The van der Waals surface area contributed by atoms with E-state index in [0.717, 1.165) is 18.8 Å². The normalized spacial score (nSPS) is 17.6. The van der Waals surface area contributed by atoms with Crippen LogP contribution in [0.25, 0.3) is 0 Å². The van der Waals surface area contributed by atoms with Crippen molar-refractivity contribution >= 4 is 11.6 Å². The van der Waals surface area contributed by atoms with Crippen LogP contribution in [0.2, 0.25) is 5.02 Å². The van der Waals surface area contributed by atoms with E-state index in [9.17, 15) is 5.11 Å². The van der Waals surface area contributed by atoms with E-state index in [0.29, 0.717) is 18.2 Å². The van der Waals surface area contributed by atoms with Gasteiger partial charge in [-0.05, 0) is 50.2 Å². The second kappa shape index (κ2) is 9.26. The van der Waals surface area contributed by atoms with Gasteiger partial charge in [0.2, 0.25) is 0 Å². The Kier molecular flexibility index (Phi) is 7.30. The van der Waals surface area contributed by atoms with Gasteiger partial charge in [-0.3, -0.25) is 0 Å². The van der Waals surface area contributed by atoms with Crippen LogP contribution in [-0.4, -0.2) is 55.4 Å². The molecule has 1 aromatic rings. The Hall–Kier alpha value is -0.810. The number of rotatable bonds is 8. The van der Waals surface area contributed by atoms with E-state index in [1.807, 2.05) is 0 Å². The van der Waals surface area contributed by atoms with E-state index in [1.165, 1.54) is 32.4 Å². The van der Waals surface area contributed by atoms with Crippen LogP contribution in [-0.2, 0) is 0 Å². The Morgan fingerprint density at radius 1 is 1.19 bits per heavy atom. The maximum absolute atomic E-state index is 9.87. The molecule has 2 rings (SSSR count). The SMILES string of the molecule is OC(CNCCN1CCCCC1)COc1ccc(Cl)cc1. The molecule has 1 atom stereocenters. The van der Waals surface area contributed by atoms with Gasteiger partial charge in [0.1, 0.15) is 18.5 Å². The molecule has 0 bridgehead atoms. The van der Waals surface area contributed by atoms with Gasteiger partial charge in [0.15, 0.2) is 0 Å². The topological polar surface area (TPSA) is 44.7 Å². The number of piperidine rings is 1. The van der Waals surface area contributed by atoms with Gasteiger partial charge in [0.25, 0.3) is 0 Å². The molecule has 0 saturated carbocycles. The lowest BCUT2D eigenvalue weighted by molar-refractivity contribution is 0.105. The number of benzene rings is 1. The monoisotopic (exact) mass is 312 g/mol. The molecule has 0 aromatic heterocycles. The summed E-state index contributed by atoms with van der Waals surface area (Å²) in [6.45, 7) is 5.25. The molecule has 0 spiro atoms. The van der Waals surface area contributed by atoms with Gasteiger partial charge in [0.05, 0.1) is 0 Å². The molecule has 4 nitrogen and oxygen atoms in total. The quantitative estimate of drug-likeness (QED) is 0.722. The number of ether oxygens (including phenoxy) is 1. The summed E-state index contributed by atoms with van der Waals surface area (Å²) in [5.41, 5.74) is 0. The number of aliphatic hydroxyl groups excluding tert-OH is 1. The van der Waals surface area contributed by atoms with Gasteiger partial charge in [-0.15, -0.1) is 0 Å². The maximum Gasteiger partial charge on any atom is 0.119 e. The molecule has 1 fully saturated rings. The minimum absolute atomic E-state index is 0.290. The van der Waals surface area contributed by atoms with Gasteiger partial charge >= 0.3 is 0 Å². The Balaban J connectivity index is 1.52. The van der Waals surface area contributed by atoms with Crippen LogP contribution < -0.4 is 10.1 Å². The third-order valence-corrected chi connectivity index (χ3v) is 3.94. The minimum atomic E-state index is -0.498. The lowest BCUT2D eigenvalue weighted by Gasteiger charge is -2.26. The van der Waals surface area contributed by atoms with E-state index in [-0.39, 0.29) is 0 Å². The van der Waals surface area contributed by atoms with Crippen molar-refractivity contribution in [3.05, 3.63) is 29.3 Å². The third kappa shape index (κ3) is 6.66. The van der Waals surface area contributed by atoms with Crippen LogP contribution in [0.5, 0.6) is 5.75 Å². The zero-order chi connectivity index (χ0) is 14.9. The Labute approximate surface area is 132 Å². The Morgan fingerprint density at radius 3 is 2.62 bits per heavy atom. The number of aliphatic hydroxyl groups is 1. The first-order valence-corrected chi connectivity index (χ1v) is 8.11. The number of hydrogen-bond acceptors (Lipinski definition) is 4. The Bertz CT molecular complexity index is 394. The zero-order valence-electron chi connectivity index (χ0n) is 12.4. The maximum atomic E-state index is 9.87. The highest BCUT2D eigenvalue weighted by atomic mass is 35.5. The summed E-state index contributed by atoms with van der Waals surface area (Å²) in [6, 6.07) is 7.16. The molecule has 1 heterocycles. The largest absolute Gasteiger partial charge is 0.491 e. The van der Waals surface area contributed by atoms with Crippen molar-refractivity contribution in [1.82, 2.24) is 10.2 Å². The van der Waals surface area contributed by atoms with Crippen molar-refractivity contribution in [2.24, 2.45) is 0 Å². The predicted octanol–water partition coefficient (Wildman–Crippen LogP) is 2.16. The van der Waals surface area contributed by atoms with Crippen LogP contribution in [0.1, 0.15) is 19.3 Å². The standard InChI is InChI=1S/C16H25ClN2O2/c17-14-4-6-16(7-5-14)21-13-15(20)12-18-8-11-19-9-2-1-3-10-19/h4-7,15,18,20H,1-3,8-13H2. The minimum Gasteiger partial charge on any atom is -0.491 e. The number of nitrogens with one attached hydrogen (secondary N) is 1. The fourth-order valence-corrected chi connectivity index (χ4v) is 2.60. The van der Waals surface area contributed by atoms with E-state index >= 15 is 0 Å². The lowest BCUT2D eigenvalue weighted by Crippen LogP contribution is -2.39. The van der Waals surface area contributed by atoms with Crippen molar-refractivity contribution in [2.75, 3.05) is 39.3 Å². The van der Waals surface area contributed by atoms with Crippen molar-refractivity contribution < 1.29 is 9.84 Å². The summed E-state index contributed by atoms with van der Waals surface area (Å²) in [4.78, 5) is 2.48. The van der Waals surface area contributed by atoms with Gasteiger partial charge in [-0.1, -0.05) is 18.0 Å². The van der Waals surface area contributed by atoms with E-state index in [2.05, 4.69) is 10.2 Å². The molecule has 1 unspecified atom stereocenters. The molecule has 0 aliphatic carbocycles. The highest BCUT2D eigenvalue weighted by molar-refractivity contribution is 6.30. The van der Waals surface area contributed by atoms with E-state index in [4.69, 9.17) is 16.3 Å². The Morgan fingerprint density at radius 2 is 1.90 bits per heavy atom. The summed E-state index contributed by atoms with van der Waals surface area (Å²) in [7, 11) is 0. The van der Waals surface area contributed by atoms with E-state index in [1.54, 1.807) is 24.3 Å². The molecule has 1 saturated heterocycles. The fourth-order valence-electron chi connectivity index (χ4n) is 2.47. The van der Waals surface area contributed by atoms with Crippen LogP contribution >= 0.6 is 11.6 Å². The van der Waals surface area contributed by atoms with Crippen molar-refractivity contribution in [2.45, 2.75) is 25.4 Å². The summed E-state index contributed by atoms with van der Waals surface area (Å²) in [5.74, 6) is 0.728. The van der Waals surface area contributed by atoms with Crippen molar-refractivity contribution in [3.63, 3.8) is 0 Å². The lowest BCUT2D eigenvalue weighted by atomic mass is 10.1. The fraction of sp³-hybridized carbons (Fsp3) is 0.625. The van der Waals surface area contributed by atoms with Crippen molar-refractivity contribution in [1.29, 1.82) is 0 Å². The molecule has 0 amide bonds. The van der Waals surface area contributed by atoms with E-state index < -0.39 is 6.10 Å². The molecule has 1 aliphatic heterocycles. The van der Waals surface area contributed by atoms with Crippen LogP contribution in [0.15, 0.2) is 24.3 Å².